The highest BCUT2D eigenvalue weighted by atomic mass is 16.3. The van der Waals surface area contributed by atoms with Crippen LogP contribution in [0, 0.1) is 0 Å². The van der Waals surface area contributed by atoms with Gasteiger partial charge in [0.15, 0.2) is 0 Å². The van der Waals surface area contributed by atoms with Gasteiger partial charge in [0.05, 0.1) is 24.3 Å². The van der Waals surface area contributed by atoms with Crippen molar-refractivity contribution in [1.29, 1.82) is 0 Å². The minimum Gasteiger partial charge on any atom is -0.467 e. The molecular formula is C9H11N3O2. The molecule has 1 N–H and O–H groups in total. The number of furan rings is 1. The molecule has 5 heteroatoms. The zero-order chi connectivity index (χ0) is 9.97. The Balaban J connectivity index is 2.21. The number of hydrogen-bond acceptors (Lipinski definition) is 4. The minimum atomic E-state index is -0.569. The van der Waals surface area contributed by atoms with E-state index < -0.39 is 6.10 Å². The van der Waals surface area contributed by atoms with E-state index in [1.54, 1.807) is 24.1 Å². The Morgan fingerprint density at radius 1 is 1.64 bits per heavy atom. The number of hydrogen-bond donors (Lipinski definition) is 1. The molecule has 2 aromatic rings. The fraction of sp³-hybridized carbons (Fsp3) is 0.333. The number of nitrogens with zero attached hydrogens (tertiary/aromatic N) is 3. The lowest BCUT2D eigenvalue weighted by molar-refractivity contribution is 0.187. The Morgan fingerprint density at radius 2 is 2.50 bits per heavy atom. The third-order valence-corrected chi connectivity index (χ3v) is 1.96. The van der Waals surface area contributed by atoms with Gasteiger partial charge in [-0.15, -0.1) is 5.10 Å². The van der Waals surface area contributed by atoms with E-state index in [2.05, 4.69) is 10.3 Å². The van der Waals surface area contributed by atoms with Crippen LogP contribution in [0.25, 0.3) is 0 Å². The predicted molar refractivity (Wildman–Crippen MR) is 48.5 cm³/mol. The molecule has 2 heterocycles. The summed E-state index contributed by atoms with van der Waals surface area (Å²) in [4.78, 5) is 0. The van der Waals surface area contributed by atoms with E-state index in [9.17, 15) is 5.11 Å². The lowest BCUT2D eigenvalue weighted by Gasteiger charge is -2.05. The second kappa shape index (κ2) is 3.63. The van der Waals surface area contributed by atoms with Crippen LogP contribution in [0.2, 0.25) is 0 Å². The summed E-state index contributed by atoms with van der Waals surface area (Å²) in [5, 5.41) is 17.0. The van der Waals surface area contributed by atoms with Gasteiger partial charge < -0.3 is 9.52 Å². The molecule has 74 valence electrons. The van der Waals surface area contributed by atoms with E-state index in [-0.39, 0.29) is 0 Å². The molecule has 0 aliphatic carbocycles. The molecule has 14 heavy (non-hydrogen) atoms. The quantitative estimate of drug-likeness (QED) is 0.788. The maximum atomic E-state index is 9.39. The van der Waals surface area contributed by atoms with Gasteiger partial charge in [0.25, 0.3) is 0 Å². The van der Waals surface area contributed by atoms with E-state index in [1.807, 2.05) is 12.1 Å². The third kappa shape index (κ3) is 1.67. The van der Waals surface area contributed by atoms with Crippen molar-refractivity contribution in [2.75, 3.05) is 0 Å². The van der Waals surface area contributed by atoms with Gasteiger partial charge in [0.1, 0.15) is 12.3 Å². The molecule has 0 spiro atoms. The first-order chi connectivity index (χ1) is 6.77. The van der Waals surface area contributed by atoms with Crippen molar-refractivity contribution in [3.63, 3.8) is 0 Å². The molecule has 0 unspecified atom stereocenters. The summed E-state index contributed by atoms with van der Waals surface area (Å²) in [6.45, 7) is 2.17. The Bertz CT molecular complexity index is 392. The van der Waals surface area contributed by atoms with Crippen molar-refractivity contribution in [2.24, 2.45) is 0 Å². The second-order valence-electron chi connectivity index (χ2n) is 3.07. The van der Waals surface area contributed by atoms with Gasteiger partial charge in [0.2, 0.25) is 0 Å². The average molecular weight is 193 g/mol. The molecule has 0 amide bonds. The summed E-state index contributed by atoms with van der Waals surface area (Å²) in [7, 11) is 0. The summed E-state index contributed by atoms with van der Waals surface area (Å²) in [5.41, 5.74) is 0.682. The summed E-state index contributed by atoms with van der Waals surface area (Å²) >= 11 is 0. The Morgan fingerprint density at radius 3 is 3.14 bits per heavy atom. The molecule has 0 fully saturated rings. The van der Waals surface area contributed by atoms with Crippen LogP contribution in [0.3, 0.4) is 0 Å². The van der Waals surface area contributed by atoms with E-state index in [0.717, 1.165) is 5.76 Å². The molecule has 0 saturated carbocycles. The Hall–Kier alpha value is -1.62. The number of rotatable bonds is 3. The van der Waals surface area contributed by atoms with E-state index in [4.69, 9.17) is 4.42 Å². The molecule has 1 atom stereocenters. The second-order valence-corrected chi connectivity index (χ2v) is 3.07. The first kappa shape index (κ1) is 8.96. The van der Waals surface area contributed by atoms with Gasteiger partial charge in [-0.05, 0) is 19.1 Å². The molecular weight excluding hydrogens is 182 g/mol. The highest BCUT2D eigenvalue weighted by Crippen LogP contribution is 2.11. The normalized spacial score (nSPS) is 13.0. The molecule has 0 aliphatic rings. The van der Waals surface area contributed by atoms with Gasteiger partial charge in [-0.25, -0.2) is 4.68 Å². The monoisotopic (exact) mass is 193 g/mol. The van der Waals surface area contributed by atoms with Gasteiger partial charge in [-0.3, -0.25) is 0 Å². The maximum absolute atomic E-state index is 9.39. The van der Waals surface area contributed by atoms with Crippen molar-refractivity contribution in [3.8, 4) is 0 Å². The van der Waals surface area contributed by atoms with Gasteiger partial charge in [-0.1, -0.05) is 5.21 Å². The van der Waals surface area contributed by atoms with Crippen LogP contribution in [0.15, 0.2) is 29.0 Å². The fourth-order valence-electron chi connectivity index (χ4n) is 1.26. The lowest BCUT2D eigenvalue weighted by atomic mass is 10.3. The zero-order valence-corrected chi connectivity index (χ0v) is 7.79. The van der Waals surface area contributed by atoms with Gasteiger partial charge in [0, 0.05) is 0 Å². The zero-order valence-electron chi connectivity index (χ0n) is 7.79. The van der Waals surface area contributed by atoms with Crippen LogP contribution in [0.5, 0.6) is 0 Å². The van der Waals surface area contributed by atoms with Crippen molar-refractivity contribution in [2.45, 2.75) is 19.6 Å². The Kier molecular flexibility index (Phi) is 2.32. The smallest absolute Gasteiger partial charge is 0.125 e. The minimum absolute atomic E-state index is 0.493. The van der Waals surface area contributed by atoms with Crippen LogP contribution in [-0.2, 0) is 6.54 Å². The molecule has 2 aromatic heterocycles. The summed E-state index contributed by atoms with van der Waals surface area (Å²) in [6.07, 6.45) is 2.59. The fourth-order valence-corrected chi connectivity index (χ4v) is 1.26. The van der Waals surface area contributed by atoms with E-state index in [1.165, 1.54) is 0 Å². The van der Waals surface area contributed by atoms with Gasteiger partial charge in [-0.2, -0.15) is 0 Å². The molecule has 5 nitrogen and oxygen atoms in total. The first-order valence-electron chi connectivity index (χ1n) is 4.36. The largest absolute Gasteiger partial charge is 0.467 e. The molecule has 0 aliphatic heterocycles. The SMILES string of the molecule is C[C@H](O)c1cnnn1Cc1ccco1. The van der Waals surface area contributed by atoms with Crippen molar-refractivity contribution in [1.82, 2.24) is 15.0 Å². The van der Waals surface area contributed by atoms with E-state index >= 15 is 0 Å². The first-order valence-corrected chi connectivity index (χ1v) is 4.36. The molecule has 0 radical (unpaired) electrons. The summed E-state index contributed by atoms with van der Waals surface area (Å²) < 4.78 is 6.79. The van der Waals surface area contributed by atoms with Crippen LogP contribution in [-0.4, -0.2) is 20.1 Å². The summed E-state index contributed by atoms with van der Waals surface area (Å²) in [6, 6.07) is 3.67. The predicted octanol–water partition coefficient (Wildman–Crippen LogP) is 0.973. The number of aliphatic hydroxyl groups is 1. The highest BCUT2D eigenvalue weighted by molar-refractivity contribution is 5.03. The topological polar surface area (TPSA) is 64.1 Å². The van der Waals surface area contributed by atoms with Crippen molar-refractivity contribution < 1.29 is 9.52 Å². The summed E-state index contributed by atoms with van der Waals surface area (Å²) in [5.74, 6) is 0.789. The third-order valence-electron chi connectivity index (χ3n) is 1.96. The van der Waals surface area contributed by atoms with E-state index in [0.29, 0.717) is 12.2 Å². The van der Waals surface area contributed by atoms with Crippen molar-refractivity contribution >= 4 is 0 Å². The Labute approximate surface area is 81.0 Å². The number of aromatic nitrogens is 3. The molecule has 0 aromatic carbocycles. The van der Waals surface area contributed by atoms with Crippen molar-refractivity contribution in [3.05, 3.63) is 36.0 Å². The molecule has 0 saturated heterocycles. The van der Waals surface area contributed by atoms with Crippen LogP contribution >= 0.6 is 0 Å². The highest BCUT2D eigenvalue weighted by Gasteiger charge is 2.10. The van der Waals surface area contributed by atoms with Crippen LogP contribution in [0.1, 0.15) is 24.5 Å². The van der Waals surface area contributed by atoms with Crippen LogP contribution in [0.4, 0.5) is 0 Å². The van der Waals surface area contributed by atoms with Crippen LogP contribution < -0.4 is 0 Å². The molecule has 0 bridgehead atoms. The average Bonchev–Trinajstić information content (AvgIpc) is 2.75. The standard InChI is InChI=1S/C9H11N3O2/c1-7(13)9-5-10-11-12(9)6-8-3-2-4-14-8/h2-5,7,13H,6H2,1H3/t7-/m0/s1. The lowest BCUT2D eigenvalue weighted by Crippen LogP contribution is -2.07. The molecule has 2 rings (SSSR count). The maximum Gasteiger partial charge on any atom is 0.125 e. The number of aliphatic hydroxyl groups excluding tert-OH is 1. The van der Waals surface area contributed by atoms with Gasteiger partial charge >= 0.3 is 0 Å².